The first kappa shape index (κ1) is 13.9. The molecular weight excluding hydrogens is 245 g/mol. The minimum absolute atomic E-state index is 0.138. The predicted octanol–water partition coefficient (Wildman–Crippen LogP) is 3.76. The smallest absolute Gasteiger partial charge is 0.123 e. The molecule has 0 radical (unpaired) electrons. The molecule has 1 aromatic carbocycles. The molecule has 1 nitrogen and oxygen atoms in total. The van der Waals surface area contributed by atoms with Gasteiger partial charge in [0, 0.05) is 17.0 Å². The standard InChI is InChI=1S/C15H22FNS/c16-13-6-4-5-12(9-13)10-14(17)11-18-15-7-2-1-3-8-15/h4-6,9,14-15H,1-3,7-8,10-11,17H2. The molecule has 18 heavy (non-hydrogen) atoms. The van der Waals surface area contributed by atoms with Crippen LogP contribution in [0.15, 0.2) is 24.3 Å². The second kappa shape index (κ2) is 7.15. The number of nitrogens with two attached hydrogens (primary N) is 1. The van der Waals surface area contributed by atoms with Crippen LogP contribution in [0.1, 0.15) is 37.7 Å². The summed E-state index contributed by atoms with van der Waals surface area (Å²) in [6.07, 6.45) is 7.60. The highest BCUT2D eigenvalue weighted by Crippen LogP contribution is 2.28. The largest absolute Gasteiger partial charge is 0.327 e. The first-order chi connectivity index (χ1) is 8.74. The van der Waals surface area contributed by atoms with Gasteiger partial charge in [0.05, 0.1) is 0 Å². The third-order valence-corrected chi connectivity index (χ3v) is 5.05. The Hall–Kier alpha value is -0.540. The van der Waals surface area contributed by atoms with E-state index in [-0.39, 0.29) is 11.9 Å². The van der Waals surface area contributed by atoms with E-state index in [1.54, 1.807) is 12.1 Å². The molecule has 1 atom stereocenters. The summed E-state index contributed by atoms with van der Waals surface area (Å²) in [4.78, 5) is 0. The Morgan fingerprint density at radius 2 is 2.06 bits per heavy atom. The highest BCUT2D eigenvalue weighted by molar-refractivity contribution is 7.99. The summed E-state index contributed by atoms with van der Waals surface area (Å²) in [7, 11) is 0. The van der Waals surface area contributed by atoms with Crippen LogP contribution in [0, 0.1) is 5.82 Å². The Kier molecular flexibility index (Phi) is 5.51. The van der Waals surface area contributed by atoms with Crippen molar-refractivity contribution in [3.05, 3.63) is 35.6 Å². The molecule has 1 fully saturated rings. The van der Waals surface area contributed by atoms with Gasteiger partial charge in [0.25, 0.3) is 0 Å². The van der Waals surface area contributed by atoms with E-state index in [1.807, 2.05) is 17.8 Å². The van der Waals surface area contributed by atoms with Crippen LogP contribution in [-0.2, 0) is 6.42 Å². The highest BCUT2D eigenvalue weighted by atomic mass is 32.2. The van der Waals surface area contributed by atoms with Crippen molar-refractivity contribution in [2.75, 3.05) is 5.75 Å². The normalized spacial score (nSPS) is 18.8. The molecule has 3 heteroatoms. The fourth-order valence-corrected chi connectivity index (χ4v) is 3.82. The van der Waals surface area contributed by atoms with Gasteiger partial charge < -0.3 is 5.73 Å². The Morgan fingerprint density at radius 3 is 2.78 bits per heavy atom. The van der Waals surface area contributed by atoms with Crippen LogP contribution in [0.4, 0.5) is 4.39 Å². The predicted molar refractivity (Wildman–Crippen MR) is 77.4 cm³/mol. The average Bonchev–Trinajstić information content (AvgIpc) is 2.38. The Morgan fingerprint density at radius 1 is 1.28 bits per heavy atom. The second-order valence-corrected chi connectivity index (χ2v) is 6.52. The zero-order valence-electron chi connectivity index (χ0n) is 10.8. The van der Waals surface area contributed by atoms with Gasteiger partial charge in [0.15, 0.2) is 0 Å². The molecule has 2 N–H and O–H groups in total. The third kappa shape index (κ3) is 4.62. The number of halogens is 1. The Bertz CT molecular complexity index is 363. The number of hydrogen-bond donors (Lipinski definition) is 1. The van der Waals surface area contributed by atoms with Gasteiger partial charge in [-0.1, -0.05) is 31.4 Å². The van der Waals surface area contributed by atoms with Gasteiger partial charge in [-0.2, -0.15) is 11.8 Å². The van der Waals surface area contributed by atoms with E-state index in [4.69, 9.17) is 5.73 Å². The minimum atomic E-state index is -0.167. The average molecular weight is 267 g/mol. The van der Waals surface area contributed by atoms with Gasteiger partial charge in [-0.25, -0.2) is 4.39 Å². The quantitative estimate of drug-likeness (QED) is 0.879. The van der Waals surface area contributed by atoms with Crippen molar-refractivity contribution in [2.24, 2.45) is 5.73 Å². The molecule has 1 aromatic rings. The molecule has 2 rings (SSSR count). The van der Waals surface area contributed by atoms with Crippen molar-refractivity contribution in [3.8, 4) is 0 Å². The molecule has 0 heterocycles. The Balaban J connectivity index is 1.72. The molecule has 1 aliphatic carbocycles. The van der Waals surface area contributed by atoms with Gasteiger partial charge in [0.2, 0.25) is 0 Å². The summed E-state index contributed by atoms with van der Waals surface area (Å²) < 4.78 is 13.0. The fraction of sp³-hybridized carbons (Fsp3) is 0.600. The van der Waals surface area contributed by atoms with Gasteiger partial charge in [-0.15, -0.1) is 0 Å². The minimum Gasteiger partial charge on any atom is -0.327 e. The van der Waals surface area contributed by atoms with Gasteiger partial charge in [0.1, 0.15) is 5.82 Å². The topological polar surface area (TPSA) is 26.0 Å². The van der Waals surface area contributed by atoms with E-state index >= 15 is 0 Å². The SMILES string of the molecule is NC(CSC1CCCCC1)Cc1cccc(F)c1. The number of benzene rings is 1. The van der Waals surface area contributed by atoms with E-state index in [2.05, 4.69) is 0 Å². The van der Waals surface area contributed by atoms with Gasteiger partial charge >= 0.3 is 0 Å². The molecule has 1 aliphatic rings. The second-order valence-electron chi connectivity index (χ2n) is 5.19. The Labute approximate surface area is 113 Å². The summed E-state index contributed by atoms with van der Waals surface area (Å²) in [5.74, 6) is 0.820. The maximum Gasteiger partial charge on any atom is 0.123 e. The van der Waals surface area contributed by atoms with E-state index < -0.39 is 0 Å². The number of thioether (sulfide) groups is 1. The summed E-state index contributed by atoms with van der Waals surface area (Å²) in [6, 6.07) is 6.91. The zero-order chi connectivity index (χ0) is 12.8. The van der Waals surface area contributed by atoms with Crippen LogP contribution in [0.2, 0.25) is 0 Å². The van der Waals surface area contributed by atoms with Crippen molar-refractivity contribution in [1.82, 2.24) is 0 Å². The van der Waals surface area contributed by atoms with Crippen molar-refractivity contribution in [2.45, 2.75) is 49.8 Å². The van der Waals surface area contributed by atoms with Crippen LogP contribution in [0.3, 0.4) is 0 Å². The van der Waals surface area contributed by atoms with Crippen LogP contribution < -0.4 is 5.73 Å². The lowest BCUT2D eigenvalue weighted by Crippen LogP contribution is -2.27. The first-order valence-corrected chi connectivity index (χ1v) is 7.90. The molecule has 0 spiro atoms. The zero-order valence-corrected chi connectivity index (χ0v) is 11.6. The lowest BCUT2D eigenvalue weighted by molar-refractivity contribution is 0.515. The van der Waals surface area contributed by atoms with E-state index in [1.165, 1.54) is 38.2 Å². The van der Waals surface area contributed by atoms with Crippen LogP contribution in [-0.4, -0.2) is 17.0 Å². The third-order valence-electron chi connectivity index (χ3n) is 3.49. The summed E-state index contributed by atoms with van der Waals surface area (Å²) in [5, 5.41) is 0.803. The summed E-state index contributed by atoms with van der Waals surface area (Å²) in [6.45, 7) is 0. The number of rotatable bonds is 5. The molecule has 1 unspecified atom stereocenters. The van der Waals surface area contributed by atoms with Crippen molar-refractivity contribution in [1.29, 1.82) is 0 Å². The van der Waals surface area contributed by atoms with Gasteiger partial charge in [-0.3, -0.25) is 0 Å². The summed E-state index contributed by atoms with van der Waals surface area (Å²) >= 11 is 2.01. The molecule has 0 aliphatic heterocycles. The molecule has 1 saturated carbocycles. The molecule has 0 bridgehead atoms. The first-order valence-electron chi connectivity index (χ1n) is 6.85. The summed E-state index contributed by atoms with van der Waals surface area (Å²) in [5.41, 5.74) is 7.14. The van der Waals surface area contributed by atoms with E-state index in [9.17, 15) is 4.39 Å². The van der Waals surface area contributed by atoms with Crippen LogP contribution in [0.25, 0.3) is 0 Å². The molecule has 0 amide bonds. The van der Waals surface area contributed by atoms with E-state index in [0.29, 0.717) is 0 Å². The van der Waals surface area contributed by atoms with Crippen LogP contribution >= 0.6 is 11.8 Å². The maximum absolute atomic E-state index is 13.0. The highest BCUT2D eigenvalue weighted by Gasteiger charge is 2.15. The molecule has 100 valence electrons. The number of hydrogen-bond acceptors (Lipinski definition) is 2. The van der Waals surface area contributed by atoms with Crippen molar-refractivity contribution >= 4 is 11.8 Å². The monoisotopic (exact) mass is 267 g/mol. The van der Waals surface area contributed by atoms with Gasteiger partial charge in [-0.05, 0) is 37.0 Å². The maximum atomic E-state index is 13.0. The molecule has 0 saturated heterocycles. The molecular formula is C15H22FNS. The lowest BCUT2D eigenvalue weighted by atomic mass is 10.0. The molecule has 0 aromatic heterocycles. The van der Waals surface area contributed by atoms with Crippen molar-refractivity contribution < 1.29 is 4.39 Å². The lowest BCUT2D eigenvalue weighted by Gasteiger charge is -2.22. The van der Waals surface area contributed by atoms with Crippen LogP contribution in [0.5, 0.6) is 0 Å². The van der Waals surface area contributed by atoms with Crippen molar-refractivity contribution in [3.63, 3.8) is 0 Å². The van der Waals surface area contributed by atoms with E-state index in [0.717, 1.165) is 23.0 Å². The fourth-order valence-electron chi connectivity index (χ4n) is 2.52.